The van der Waals surface area contributed by atoms with Crippen LogP contribution in [0, 0.1) is 10.1 Å². The number of nitrogens with zero attached hydrogens (tertiary/aromatic N) is 4. The van der Waals surface area contributed by atoms with Gasteiger partial charge < -0.3 is 10.2 Å². The minimum atomic E-state index is -0.417. The second kappa shape index (κ2) is 5.97. The van der Waals surface area contributed by atoms with E-state index in [4.69, 9.17) is 0 Å². The zero-order valence-corrected chi connectivity index (χ0v) is 12.3. The van der Waals surface area contributed by atoms with Crippen LogP contribution in [-0.2, 0) is 12.8 Å². The van der Waals surface area contributed by atoms with Crippen LogP contribution < -0.4 is 10.2 Å². The smallest absolute Gasteiger partial charge is 0.353 e. The molecule has 3 rings (SSSR count). The van der Waals surface area contributed by atoms with Crippen LogP contribution in [0.4, 0.5) is 17.3 Å². The largest absolute Gasteiger partial charge is 0.367 e. The molecule has 0 atom stereocenters. The maximum absolute atomic E-state index is 11.4. The Morgan fingerprint density at radius 1 is 1.18 bits per heavy atom. The van der Waals surface area contributed by atoms with Crippen LogP contribution in [0.5, 0.6) is 0 Å². The fourth-order valence-electron chi connectivity index (χ4n) is 2.83. The highest BCUT2D eigenvalue weighted by atomic mass is 16.6. The first-order valence-corrected chi connectivity index (χ1v) is 7.19. The van der Waals surface area contributed by atoms with Crippen molar-refractivity contribution in [3.8, 4) is 0 Å². The van der Waals surface area contributed by atoms with E-state index in [0.717, 1.165) is 12.8 Å². The number of rotatable bonds is 3. The van der Waals surface area contributed by atoms with Gasteiger partial charge in [-0.3, -0.25) is 10.1 Å². The molecule has 0 bridgehead atoms. The molecule has 1 aromatic heterocycles. The van der Waals surface area contributed by atoms with Crippen molar-refractivity contribution >= 4 is 17.3 Å². The summed E-state index contributed by atoms with van der Waals surface area (Å²) in [6, 6.07) is 8.29. The molecule has 0 fully saturated rings. The van der Waals surface area contributed by atoms with E-state index < -0.39 is 4.92 Å². The summed E-state index contributed by atoms with van der Waals surface area (Å²) in [5.41, 5.74) is 2.54. The summed E-state index contributed by atoms with van der Waals surface area (Å²) in [6.07, 6.45) is 3.07. The molecule has 1 aliphatic rings. The Kier molecular flexibility index (Phi) is 3.86. The third-order valence-electron chi connectivity index (χ3n) is 3.94. The van der Waals surface area contributed by atoms with Gasteiger partial charge in [-0.05, 0) is 24.0 Å². The van der Waals surface area contributed by atoms with Gasteiger partial charge in [0.15, 0.2) is 0 Å². The van der Waals surface area contributed by atoms with Gasteiger partial charge in [-0.15, -0.1) is 0 Å². The Hall–Kier alpha value is -2.70. The third kappa shape index (κ3) is 2.57. The summed E-state index contributed by atoms with van der Waals surface area (Å²) in [5, 5.41) is 14.2. The number of hydrogen-bond donors (Lipinski definition) is 1. The van der Waals surface area contributed by atoms with Crippen molar-refractivity contribution in [2.24, 2.45) is 0 Å². The molecule has 0 amide bonds. The highest BCUT2D eigenvalue weighted by molar-refractivity contribution is 5.70. The summed E-state index contributed by atoms with van der Waals surface area (Å²) < 4.78 is 0. The molecular weight excluding hydrogens is 282 g/mol. The minimum Gasteiger partial charge on any atom is -0.367 e. The van der Waals surface area contributed by atoms with E-state index in [-0.39, 0.29) is 11.5 Å². The lowest BCUT2D eigenvalue weighted by Crippen LogP contribution is -2.28. The van der Waals surface area contributed by atoms with Crippen molar-refractivity contribution in [2.45, 2.75) is 12.8 Å². The van der Waals surface area contributed by atoms with E-state index in [1.54, 1.807) is 7.05 Å². The number of fused-ring (bicyclic) bond motifs is 1. The number of nitro groups is 1. The van der Waals surface area contributed by atoms with Gasteiger partial charge in [-0.25, -0.2) is 9.97 Å². The fourth-order valence-corrected chi connectivity index (χ4v) is 2.83. The predicted octanol–water partition coefficient (Wildman–Crippen LogP) is 2.03. The fraction of sp³-hybridized carbons (Fsp3) is 0.333. The van der Waals surface area contributed by atoms with Crippen LogP contribution in [0.3, 0.4) is 0 Å². The number of anilines is 2. The van der Waals surface area contributed by atoms with Gasteiger partial charge in [-0.1, -0.05) is 24.3 Å². The van der Waals surface area contributed by atoms with Crippen LogP contribution in [0.25, 0.3) is 0 Å². The third-order valence-corrected chi connectivity index (χ3v) is 3.94. The Morgan fingerprint density at radius 3 is 2.36 bits per heavy atom. The molecule has 2 heterocycles. The van der Waals surface area contributed by atoms with Gasteiger partial charge in [0.25, 0.3) is 0 Å². The lowest BCUT2D eigenvalue weighted by atomic mass is 10.0. The standard InChI is InChI=1S/C15H17N5O2/c1-16-14-13(20(21)22)15(18-10-17-14)19-8-6-11-4-2-3-5-12(11)7-9-19/h2-5,10H,6-9H2,1H3,(H,16,17,18). The molecule has 0 radical (unpaired) electrons. The number of hydrogen-bond acceptors (Lipinski definition) is 6. The topological polar surface area (TPSA) is 84.2 Å². The van der Waals surface area contributed by atoms with Crippen LogP contribution in [-0.4, -0.2) is 35.0 Å². The highest BCUT2D eigenvalue weighted by Crippen LogP contribution is 2.32. The van der Waals surface area contributed by atoms with Crippen molar-refractivity contribution in [1.29, 1.82) is 0 Å². The van der Waals surface area contributed by atoms with E-state index in [1.807, 2.05) is 17.0 Å². The van der Waals surface area contributed by atoms with E-state index in [2.05, 4.69) is 27.4 Å². The number of nitrogens with one attached hydrogen (secondary N) is 1. The SMILES string of the molecule is CNc1ncnc(N2CCc3ccccc3CC2)c1[N+](=O)[O-]. The maximum Gasteiger partial charge on any atom is 0.353 e. The van der Waals surface area contributed by atoms with E-state index >= 15 is 0 Å². The van der Waals surface area contributed by atoms with Crippen molar-refractivity contribution in [2.75, 3.05) is 30.4 Å². The number of aromatic nitrogens is 2. The quantitative estimate of drug-likeness (QED) is 0.689. The predicted molar refractivity (Wildman–Crippen MR) is 84.3 cm³/mol. The summed E-state index contributed by atoms with van der Waals surface area (Å²) in [7, 11) is 1.62. The molecule has 7 nitrogen and oxygen atoms in total. The van der Waals surface area contributed by atoms with Crippen molar-refractivity contribution < 1.29 is 4.92 Å². The lowest BCUT2D eigenvalue weighted by Gasteiger charge is -2.21. The highest BCUT2D eigenvalue weighted by Gasteiger charge is 2.27. The Morgan fingerprint density at radius 2 is 1.82 bits per heavy atom. The molecule has 7 heteroatoms. The molecule has 0 unspecified atom stereocenters. The summed E-state index contributed by atoms with van der Waals surface area (Å²) >= 11 is 0. The molecule has 0 saturated carbocycles. The van der Waals surface area contributed by atoms with Gasteiger partial charge in [0, 0.05) is 20.1 Å². The maximum atomic E-state index is 11.4. The molecule has 22 heavy (non-hydrogen) atoms. The van der Waals surface area contributed by atoms with Crippen LogP contribution in [0.1, 0.15) is 11.1 Å². The van der Waals surface area contributed by atoms with Crippen LogP contribution in [0.15, 0.2) is 30.6 Å². The van der Waals surface area contributed by atoms with Gasteiger partial charge in [0.1, 0.15) is 6.33 Å². The summed E-state index contributed by atoms with van der Waals surface area (Å²) in [6.45, 7) is 1.41. The molecule has 0 saturated heterocycles. The van der Waals surface area contributed by atoms with Gasteiger partial charge in [0.2, 0.25) is 11.6 Å². The van der Waals surface area contributed by atoms with Crippen LogP contribution in [0.2, 0.25) is 0 Å². The average Bonchev–Trinajstić information content (AvgIpc) is 2.76. The lowest BCUT2D eigenvalue weighted by molar-refractivity contribution is -0.383. The van der Waals surface area contributed by atoms with Gasteiger partial charge >= 0.3 is 5.69 Å². The zero-order chi connectivity index (χ0) is 15.5. The van der Waals surface area contributed by atoms with Crippen molar-refractivity contribution in [3.05, 3.63) is 51.8 Å². The average molecular weight is 299 g/mol. The van der Waals surface area contributed by atoms with Crippen molar-refractivity contribution in [1.82, 2.24) is 9.97 Å². The Labute approximate surface area is 128 Å². The molecule has 0 aliphatic carbocycles. The minimum absolute atomic E-state index is 0.0593. The summed E-state index contributed by atoms with van der Waals surface area (Å²) in [4.78, 5) is 21.1. The van der Waals surface area contributed by atoms with Gasteiger partial charge in [0.05, 0.1) is 4.92 Å². The first kappa shape index (κ1) is 14.2. The normalized spacial score (nSPS) is 14.1. The Balaban J connectivity index is 1.94. The first-order chi connectivity index (χ1) is 10.7. The second-order valence-electron chi connectivity index (χ2n) is 5.16. The van der Waals surface area contributed by atoms with Crippen LogP contribution >= 0.6 is 0 Å². The summed E-state index contributed by atoms with van der Waals surface area (Å²) in [5.74, 6) is 0.633. The second-order valence-corrected chi connectivity index (χ2v) is 5.16. The number of benzene rings is 1. The van der Waals surface area contributed by atoms with E-state index in [0.29, 0.717) is 18.9 Å². The molecule has 1 N–H and O–H groups in total. The molecule has 0 spiro atoms. The zero-order valence-electron chi connectivity index (χ0n) is 12.3. The van der Waals surface area contributed by atoms with Gasteiger partial charge in [-0.2, -0.15) is 0 Å². The monoisotopic (exact) mass is 299 g/mol. The molecular formula is C15H17N5O2. The van der Waals surface area contributed by atoms with E-state index in [1.165, 1.54) is 17.5 Å². The van der Waals surface area contributed by atoms with E-state index in [9.17, 15) is 10.1 Å². The molecule has 2 aromatic rings. The molecule has 1 aliphatic heterocycles. The molecule has 1 aromatic carbocycles. The Bertz CT molecular complexity index is 677. The van der Waals surface area contributed by atoms with Crippen molar-refractivity contribution in [3.63, 3.8) is 0 Å². The first-order valence-electron chi connectivity index (χ1n) is 7.19. The molecule has 114 valence electrons.